The first kappa shape index (κ1) is 14.9. The topological polar surface area (TPSA) is 32.8 Å². The minimum atomic E-state index is -0.168. The van der Waals surface area contributed by atoms with Gasteiger partial charge in [-0.25, -0.2) is 4.79 Å². The van der Waals surface area contributed by atoms with E-state index in [2.05, 4.69) is 29.2 Å². The van der Waals surface area contributed by atoms with Crippen molar-refractivity contribution in [1.82, 2.24) is 9.80 Å². The fraction of sp³-hybridized carbons (Fsp3) is 0.562. The average Bonchev–Trinajstić information content (AvgIpc) is 2.46. The Morgan fingerprint density at radius 2 is 1.80 bits per heavy atom. The van der Waals surface area contributed by atoms with E-state index >= 15 is 0 Å². The molecule has 4 heteroatoms. The van der Waals surface area contributed by atoms with E-state index in [4.69, 9.17) is 4.74 Å². The molecule has 0 atom stereocenters. The smallest absolute Gasteiger partial charge is 0.409 e. The van der Waals surface area contributed by atoms with Gasteiger partial charge >= 0.3 is 6.09 Å². The van der Waals surface area contributed by atoms with Gasteiger partial charge < -0.3 is 9.64 Å². The van der Waals surface area contributed by atoms with Crippen LogP contribution >= 0.6 is 0 Å². The Bertz CT molecular complexity index is 412. The first-order valence-electron chi connectivity index (χ1n) is 7.33. The summed E-state index contributed by atoms with van der Waals surface area (Å²) in [5.41, 5.74) is 1.32. The molecule has 1 aliphatic rings. The Hall–Kier alpha value is -1.55. The number of carbonyl (C=O) groups is 1. The largest absolute Gasteiger partial charge is 0.449 e. The Labute approximate surface area is 121 Å². The fourth-order valence-electron chi connectivity index (χ4n) is 2.26. The lowest BCUT2D eigenvalue weighted by Crippen LogP contribution is -2.48. The van der Waals surface area contributed by atoms with E-state index in [1.54, 1.807) is 0 Å². The highest BCUT2D eigenvalue weighted by Gasteiger charge is 2.22. The van der Waals surface area contributed by atoms with Crippen LogP contribution in [0, 0.1) is 5.92 Å². The number of piperazine rings is 1. The van der Waals surface area contributed by atoms with Crippen molar-refractivity contribution < 1.29 is 9.53 Å². The van der Waals surface area contributed by atoms with Gasteiger partial charge in [0.15, 0.2) is 0 Å². The quantitative estimate of drug-likeness (QED) is 0.847. The Morgan fingerprint density at radius 3 is 2.40 bits per heavy atom. The molecule has 1 fully saturated rings. The van der Waals surface area contributed by atoms with Crippen molar-refractivity contribution in [1.29, 1.82) is 0 Å². The van der Waals surface area contributed by atoms with E-state index in [0.29, 0.717) is 12.5 Å². The summed E-state index contributed by atoms with van der Waals surface area (Å²) in [5, 5.41) is 0. The van der Waals surface area contributed by atoms with Gasteiger partial charge in [0.1, 0.15) is 0 Å². The molecule has 110 valence electrons. The molecule has 0 radical (unpaired) electrons. The number of hydrogen-bond acceptors (Lipinski definition) is 3. The van der Waals surface area contributed by atoms with Crippen molar-refractivity contribution in [2.24, 2.45) is 5.92 Å². The highest BCUT2D eigenvalue weighted by molar-refractivity contribution is 5.67. The van der Waals surface area contributed by atoms with Crippen molar-refractivity contribution in [2.45, 2.75) is 20.4 Å². The molecular formula is C16H24N2O2. The molecule has 2 rings (SSSR count). The van der Waals surface area contributed by atoms with Gasteiger partial charge in [0, 0.05) is 32.7 Å². The molecule has 20 heavy (non-hydrogen) atoms. The Balaban J connectivity index is 1.73. The van der Waals surface area contributed by atoms with E-state index in [1.165, 1.54) is 5.56 Å². The van der Waals surface area contributed by atoms with Crippen molar-refractivity contribution in [2.75, 3.05) is 32.8 Å². The van der Waals surface area contributed by atoms with Crippen LogP contribution in [0.2, 0.25) is 0 Å². The zero-order valence-corrected chi connectivity index (χ0v) is 12.4. The van der Waals surface area contributed by atoms with E-state index in [-0.39, 0.29) is 6.09 Å². The Morgan fingerprint density at radius 1 is 1.15 bits per heavy atom. The third-order valence-corrected chi connectivity index (χ3v) is 3.42. The zero-order valence-electron chi connectivity index (χ0n) is 12.4. The predicted octanol–water partition coefficient (Wildman–Crippen LogP) is 2.60. The van der Waals surface area contributed by atoms with Gasteiger partial charge in [0.2, 0.25) is 0 Å². The summed E-state index contributed by atoms with van der Waals surface area (Å²) in [5.74, 6) is 0.387. The number of ether oxygens (including phenoxy) is 1. The highest BCUT2D eigenvalue weighted by Crippen LogP contribution is 2.09. The molecule has 1 amide bonds. The summed E-state index contributed by atoms with van der Waals surface area (Å²) in [6.45, 7) is 8.87. The molecule has 0 aromatic heterocycles. The van der Waals surface area contributed by atoms with Crippen LogP contribution in [-0.4, -0.2) is 48.7 Å². The summed E-state index contributed by atoms with van der Waals surface area (Å²) < 4.78 is 5.26. The van der Waals surface area contributed by atoms with E-state index in [9.17, 15) is 4.79 Å². The summed E-state index contributed by atoms with van der Waals surface area (Å²) in [4.78, 5) is 16.0. The van der Waals surface area contributed by atoms with Crippen LogP contribution in [0.15, 0.2) is 30.3 Å². The van der Waals surface area contributed by atoms with Crippen LogP contribution in [-0.2, 0) is 11.3 Å². The van der Waals surface area contributed by atoms with Gasteiger partial charge in [-0.05, 0) is 11.5 Å². The van der Waals surface area contributed by atoms with Crippen LogP contribution in [0.5, 0.6) is 0 Å². The molecular weight excluding hydrogens is 252 g/mol. The third kappa shape index (κ3) is 4.53. The zero-order chi connectivity index (χ0) is 14.4. The SMILES string of the molecule is CC(C)COC(=O)N1CCN(Cc2ccccc2)CC1. The molecule has 1 aromatic carbocycles. The molecule has 0 aliphatic carbocycles. The van der Waals surface area contributed by atoms with E-state index in [1.807, 2.05) is 24.8 Å². The molecule has 1 heterocycles. The van der Waals surface area contributed by atoms with Crippen LogP contribution in [0.3, 0.4) is 0 Å². The van der Waals surface area contributed by atoms with Gasteiger partial charge in [-0.15, -0.1) is 0 Å². The lowest BCUT2D eigenvalue weighted by Gasteiger charge is -2.34. The molecule has 1 aromatic rings. The number of amides is 1. The maximum Gasteiger partial charge on any atom is 0.409 e. The van der Waals surface area contributed by atoms with Crippen molar-refractivity contribution in [3.05, 3.63) is 35.9 Å². The lowest BCUT2D eigenvalue weighted by molar-refractivity contribution is 0.0676. The molecule has 0 saturated carbocycles. The second-order valence-corrected chi connectivity index (χ2v) is 5.72. The normalized spacial score (nSPS) is 16.4. The van der Waals surface area contributed by atoms with Crippen LogP contribution < -0.4 is 0 Å². The van der Waals surface area contributed by atoms with E-state index in [0.717, 1.165) is 32.7 Å². The molecule has 0 spiro atoms. The maximum atomic E-state index is 11.9. The lowest BCUT2D eigenvalue weighted by atomic mass is 10.2. The van der Waals surface area contributed by atoms with Crippen molar-refractivity contribution in [3.63, 3.8) is 0 Å². The van der Waals surface area contributed by atoms with E-state index < -0.39 is 0 Å². The summed E-state index contributed by atoms with van der Waals surface area (Å²) in [7, 11) is 0. The summed E-state index contributed by atoms with van der Waals surface area (Å²) >= 11 is 0. The summed E-state index contributed by atoms with van der Waals surface area (Å²) in [6.07, 6.45) is -0.168. The molecule has 0 unspecified atom stereocenters. The van der Waals surface area contributed by atoms with Gasteiger partial charge in [-0.3, -0.25) is 4.90 Å². The van der Waals surface area contributed by atoms with Crippen molar-refractivity contribution >= 4 is 6.09 Å². The molecule has 1 aliphatic heterocycles. The highest BCUT2D eigenvalue weighted by atomic mass is 16.6. The second-order valence-electron chi connectivity index (χ2n) is 5.72. The van der Waals surface area contributed by atoms with Crippen molar-refractivity contribution in [3.8, 4) is 0 Å². The molecule has 0 N–H and O–H groups in total. The molecule has 0 bridgehead atoms. The number of carbonyl (C=O) groups excluding carboxylic acids is 1. The van der Waals surface area contributed by atoms with Crippen LogP contribution in [0.4, 0.5) is 4.79 Å². The minimum Gasteiger partial charge on any atom is -0.449 e. The standard InChI is InChI=1S/C16H24N2O2/c1-14(2)13-20-16(19)18-10-8-17(9-11-18)12-15-6-4-3-5-7-15/h3-7,14H,8-13H2,1-2H3. The average molecular weight is 276 g/mol. The summed E-state index contributed by atoms with van der Waals surface area (Å²) in [6, 6.07) is 10.4. The number of rotatable bonds is 4. The molecule has 4 nitrogen and oxygen atoms in total. The number of hydrogen-bond donors (Lipinski definition) is 0. The number of benzene rings is 1. The maximum absolute atomic E-state index is 11.9. The first-order valence-corrected chi connectivity index (χ1v) is 7.33. The van der Waals surface area contributed by atoms with Gasteiger partial charge in [0.05, 0.1) is 6.61 Å². The second kappa shape index (κ2) is 7.29. The van der Waals surface area contributed by atoms with Gasteiger partial charge in [-0.1, -0.05) is 44.2 Å². The number of nitrogens with zero attached hydrogens (tertiary/aromatic N) is 2. The fourth-order valence-corrected chi connectivity index (χ4v) is 2.26. The third-order valence-electron chi connectivity index (χ3n) is 3.42. The predicted molar refractivity (Wildman–Crippen MR) is 79.5 cm³/mol. The van der Waals surface area contributed by atoms with Gasteiger partial charge in [-0.2, -0.15) is 0 Å². The van der Waals surface area contributed by atoms with Crippen LogP contribution in [0.1, 0.15) is 19.4 Å². The minimum absolute atomic E-state index is 0.168. The monoisotopic (exact) mass is 276 g/mol. The Kier molecular flexibility index (Phi) is 5.41. The first-order chi connectivity index (χ1) is 9.65. The van der Waals surface area contributed by atoms with Gasteiger partial charge in [0.25, 0.3) is 0 Å². The molecule has 1 saturated heterocycles. The van der Waals surface area contributed by atoms with Crippen LogP contribution in [0.25, 0.3) is 0 Å².